The van der Waals surface area contributed by atoms with Gasteiger partial charge < -0.3 is 9.47 Å². The molecule has 0 aliphatic heterocycles. The van der Waals surface area contributed by atoms with Gasteiger partial charge in [0.1, 0.15) is 11.5 Å². The first kappa shape index (κ1) is 24.1. The van der Waals surface area contributed by atoms with Crippen LogP contribution < -0.4 is 25.6 Å². The van der Waals surface area contributed by atoms with Crippen molar-refractivity contribution in [3.05, 3.63) is 59.7 Å². The SMILES string of the molecule is CCCCCOc1ccccc1C(=O)NC(=S)NNC(=O)c1ccccc1OCCC. The molecule has 0 aliphatic carbocycles. The van der Waals surface area contributed by atoms with E-state index in [9.17, 15) is 9.59 Å². The van der Waals surface area contributed by atoms with Crippen LogP contribution in [0.2, 0.25) is 0 Å². The molecule has 2 amide bonds. The van der Waals surface area contributed by atoms with Gasteiger partial charge in [-0.25, -0.2) is 0 Å². The molecule has 8 heteroatoms. The molecule has 0 saturated heterocycles. The molecule has 0 unspecified atom stereocenters. The first-order valence-electron chi connectivity index (χ1n) is 10.4. The number of carbonyl (C=O) groups excluding carboxylic acids is 2. The van der Waals surface area contributed by atoms with Crippen molar-refractivity contribution in [1.82, 2.24) is 16.2 Å². The van der Waals surface area contributed by atoms with Crippen LogP contribution in [0.15, 0.2) is 48.5 Å². The molecule has 0 aromatic heterocycles. The Morgan fingerprint density at radius 1 is 0.774 bits per heavy atom. The van der Waals surface area contributed by atoms with Crippen LogP contribution in [0.25, 0.3) is 0 Å². The molecule has 2 rings (SSSR count). The largest absolute Gasteiger partial charge is 0.493 e. The van der Waals surface area contributed by atoms with E-state index in [1.807, 2.05) is 6.92 Å². The predicted molar refractivity (Wildman–Crippen MR) is 124 cm³/mol. The molecule has 7 nitrogen and oxygen atoms in total. The maximum Gasteiger partial charge on any atom is 0.273 e. The van der Waals surface area contributed by atoms with Crippen LogP contribution in [0.3, 0.4) is 0 Å². The second-order valence-electron chi connectivity index (χ2n) is 6.76. The average Bonchev–Trinajstić information content (AvgIpc) is 2.79. The molecule has 0 fully saturated rings. The lowest BCUT2D eigenvalue weighted by Crippen LogP contribution is -2.48. The van der Waals surface area contributed by atoms with Crippen LogP contribution in [0.4, 0.5) is 0 Å². The molecule has 0 radical (unpaired) electrons. The van der Waals surface area contributed by atoms with E-state index in [-0.39, 0.29) is 5.11 Å². The topological polar surface area (TPSA) is 88.7 Å². The fourth-order valence-corrected chi connectivity index (χ4v) is 2.83. The van der Waals surface area contributed by atoms with E-state index in [2.05, 4.69) is 23.1 Å². The monoisotopic (exact) mass is 443 g/mol. The Bertz CT molecular complexity index is 889. The number of para-hydroxylation sites is 2. The Labute approximate surface area is 188 Å². The van der Waals surface area contributed by atoms with Crippen LogP contribution in [0.5, 0.6) is 11.5 Å². The fraction of sp³-hybridized carbons (Fsp3) is 0.348. The number of hydrogen-bond acceptors (Lipinski definition) is 5. The quantitative estimate of drug-likeness (QED) is 0.292. The van der Waals surface area contributed by atoms with Crippen molar-refractivity contribution in [1.29, 1.82) is 0 Å². The summed E-state index contributed by atoms with van der Waals surface area (Å²) in [5, 5.41) is 2.51. The minimum Gasteiger partial charge on any atom is -0.493 e. The van der Waals surface area contributed by atoms with E-state index in [1.54, 1.807) is 48.5 Å². The average molecular weight is 444 g/mol. The number of carbonyl (C=O) groups is 2. The zero-order valence-electron chi connectivity index (χ0n) is 17.9. The minimum absolute atomic E-state index is 0.0360. The maximum atomic E-state index is 12.6. The zero-order chi connectivity index (χ0) is 22.5. The lowest BCUT2D eigenvalue weighted by Gasteiger charge is -2.14. The number of hydrazine groups is 1. The number of amides is 2. The normalized spacial score (nSPS) is 10.1. The second kappa shape index (κ2) is 13.2. The number of thiocarbonyl (C=S) groups is 1. The maximum absolute atomic E-state index is 12.6. The zero-order valence-corrected chi connectivity index (χ0v) is 18.7. The summed E-state index contributed by atoms with van der Waals surface area (Å²) in [7, 11) is 0. The molecule has 2 aromatic carbocycles. The molecule has 31 heavy (non-hydrogen) atoms. The summed E-state index contributed by atoms with van der Waals surface area (Å²) in [6.45, 7) is 5.15. The lowest BCUT2D eigenvalue weighted by molar-refractivity contribution is 0.0930. The number of unbranched alkanes of at least 4 members (excludes halogenated alkanes) is 2. The molecule has 166 valence electrons. The summed E-state index contributed by atoms with van der Waals surface area (Å²) in [5.41, 5.74) is 5.76. The first-order valence-corrected chi connectivity index (χ1v) is 10.8. The van der Waals surface area contributed by atoms with Crippen molar-refractivity contribution in [3.8, 4) is 11.5 Å². The van der Waals surface area contributed by atoms with Crippen LogP contribution in [-0.4, -0.2) is 30.1 Å². The van der Waals surface area contributed by atoms with Crippen LogP contribution in [0, 0.1) is 0 Å². The molecule has 0 saturated carbocycles. The minimum atomic E-state index is -0.428. The van der Waals surface area contributed by atoms with Gasteiger partial charge in [-0.2, -0.15) is 0 Å². The Morgan fingerprint density at radius 3 is 1.97 bits per heavy atom. The van der Waals surface area contributed by atoms with Gasteiger partial charge in [0.05, 0.1) is 24.3 Å². The van der Waals surface area contributed by atoms with Crippen LogP contribution in [-0.2, 0) is 0 Å². The number of hydrogen-bond donors (Lipinski definition) is 3. The molecular weight excluding hydrogens is 414 g/mol. The molecule has 3 N–H and O–H groups in total. The highest BCUT2D eigenvalue weighted by Gasteiger charge is 2.15. The van der Waals surface area contributed by atoms with Crippen molar-refractivity contribution in [3.63, 3.8) is 0 Å². The number of ether oxygens (including phenoxy) is 2. The Kier molecular flexibility index (Phi) is 10.3. The van der Waals surface area contributed by atoms with E-state index >= 15 is 0 Å². The molecule has 0 aliphatic rings. The third-order valence-electron chi connectivity index (χ3n) is 4.25. The van der Waals surface area contributed by atoms with Gasteiger partial charge >= 0.3 is 0 Å². The number of benzene rings is 2. The summed E-state index contributed by atoms with van der Waals surface area (Å²) in [4.78, 5) is 25.1. The van der Waals surface area contributed by atoms with Crippen molar-refractivity contribution in [2.75, 3.05) is 13.2 Å². The number of nitrogens with one attached hydrogen (secondary N) is 3. The summed E-state index contributed by atoms with van der Waals surface area (Å²) >= 11 is 5.14. The molecular formula is C23H29N3O4S. The van der Waals surface area contributed by atoms with Gasteiger partial charge in [-0.15, -0.1) is 0 Å². The summed E-state index contributed by atoms with van der Waals surface area (Å²) in [5.74, 6) is 0.116. The standard InChI is InChI=1S/C23H29N3O4S/c1-3-5-10-16-30-19-13-8-6-11-17(19)21(27)24-23(31)26-25-22(28)18-12-7-9-14-20(18)29-15-4-2/h6-9,11-14H,3-5,10,15-16H2,1-2H3,(H,25,28)(H2,24,26,27,31). The predicted octanol–water partition coefficient (Wildman–Crippen LogP) is 3.99. The summed E-state index contributed by atoms with van der Waals surface area (Å²) in [6, 6.07) is 13.9. The van der Waals surface area contributed by atoms with Gasteiger partial charge in [0.2, 0.25) is 0 Å². The van der Waals surface area contributed by atoms with E-state index in [1.165, 1.54) is 0 Å². The fourth-order valence-electron chi connectivity index (χ4n) is 2.69. The molecule has 0 heterocycles. The highest BCUT2D eigenvalue weighted by molar-refractivity contribution is 7.80. The molecule has 0 spiro atoms. The smallest absolute Gasteiger partial charge is 0.273 e. The highest BCUT2D eigenvalue weighted by Crippen LogP contribution is 2.19. The Balaban J connectivity index is 1.91. The van der Waals surface area contributed by atoms with Gasteiger partial charge in [0, 0.05) is 0 Å². The van der Waals surface area contributed by atoms with Gasteiger partial charge in [0.15, 0.2) is 5.11 Å². The van der Waals surface area contributed by atoms with E-state index in [0.29, 0.717) is 35.8 Å². The van der Waals surface area contributed by atoms with E-state index in [4.69, 9.17) is 21.7 Å². The van der Waals surface area contributed by atoms with Gasteiger partial charge in [-0.1, -0.05) is 51.0 Å². The lowest BCUT2D eigenvalue weighted by atomic mass is 10.2. The van der Waals surface area contributed by atoms with Gasteiger partial charge in [-0.05, 0) is 49.3 Å². The van der Waals surface area contributed by atoms with Crippen LogP contribution in [0.1, 0.15) is 60.2 Å². The summed E-state index contributed by atoms with van der Waals surface area (Å²) < 4.78 is 11.3. The third-order valence-corrected chi connectivity index (χ3v) is 4.45. The number of rotatable bonds is 10. The van der Waals surface area contributed by atoms with Crippen LogP contribution >= 0.6 is 12.2 Å². The third kappa shape index (κ3) is 7.90. The van der Waals surface area contributed by atoms with Gasteiger partial charge in [0.25, 0.3) is 11.8 Å². The van der Waals surface area contributed by atoms with Crippen molar-refractivity contribution in [2.24, 2.45) is 0 Å². The van der Waals surface area contributed by atoms with Crippen molar-refractivity contribution in [2.45, 2.75) is 39.5 Å². The summed E-state index contributed by atoms with van der Waals surface area (Å²) in [6.07, 6.45) is 3.90. The second-order valence-corrected chi connectivity index (χ2v) is 7.17. The molecule has 2 aromatic rings. The Hall–Kier alpha value is -3.13. The van der Waals surface area contributed by atoms with Crippen molar-refractivity contribution >= 4 is 29.1 Å². The van der Waals surface area contributed by atoms with E-state index in [0.717, 1.165) is 25.7 Å². The Morgan fingerprint density at radius 2 is 1.35 bits per heavy atom. The highest BCUT2D eigenvalue weighted by atomic mass is 32.1. The first-order chi connectivity index (χ1) is 15.1. The van der Waals surface area contributed by atoms with Gasteiger partial charge in [-0.3, -0.25) is 25.8 Å². The van der Waals surface area contributed by atoms with E-state index < -0.39 is 11.8 Å². The molecule has 0 atom stereocenters. The van der Waals surface area contributed by atoms with Crippen molar-refractivity contribution < 1.29 is 19.1 Å². The molecule has 0 bridgehead atoms.